The van der Waals surface area contributed by atoms with Crippen LogP contribution < -0.4 is 14.2 Å². The normalized spacial score (nSPS) is 15.7. The summed E-state index contributed by atoms with van der Waals surface area (Å²) < 4.78 is 16.0. The number of rotatable bonds is 8. The summed E-state index contributed by atoms with van der Waals surface area (Å²) in [6.45, 7) is 0.145. The minimum atomic E-state index is -0.782. The quantitative estimate of drug-likeness (QED) is 0.491. The molecule has 0 saturated heterocycles. The van der Waals surface area contributed by atoms with Crippen molar-refractivity contribution in [3.05, 3.63) is 87.3 Å². The number of ketones is 1. The largest absolute Gasteiger partial charge is 0.503 e. The zero-order valence-electron chi connectivity index (χ0n) is 18.4. The van der Waals surface area contributed by atoms with Gasteiger partial charge in [0.15, 0.2) is 17.3 Å². The summed E-state index contributed by atoms with van der Waals surface area (Å²) in [5.41, 5.74) is 1.47. The van der Waals surface area contributed by atoms with Gasteiger partial charge in [0, 0.05) is 6.54 Å². The SMILES string of the molecule is COc1cccc(C2C(C(=O)c3cccs3)=C(O)C(=O)N2Cc2ccc(OC)c(OC)c2)c1. The number of ether oxygens (including phenoxy) is 3. The smallest absolute Gasteiger partial charge is 0.290 e. The van der Waals surface area contributed by atoms with Crippen molar-refractivity contribution in [2.75, 3.05) is 21.3 Å². The van der Waals surface area contributed by atoms with Crippen LogP contribution in [0.4, 0.5) is 0 Å². The summed E-state index contributed by atoms with van der Waals surface area (Å²) in [6.07, 6.45) is 0. The average Bonchev–Trinajstić information content (AvgIpc) is 3.47. The van der Waals surface area contributed by atoms with E-state index in [0.717, 1.165) is 5.56 Å². The predicted molar refractivity (Wildman–Crippen MR) is 124 cm³/mol. The van der Waals surface area contributed by atoms with E-state index in [9.17, 15) is 14.7 Å². The number of Topliss-reactive ketones (excluding diaryl/α,β-unsaturated/α-hetero) is 1. The number of methoxy groups -OCH3 is 3. The van der Waals surface area contributed by atoms with Gasteiger partial charge in [-0.25, -0.2) is 0 Å². The molecule has 4 rings (SSSR count). The molecule has 170 valence electrons. The topological polar surface area (TPSA) is 85.3 Å². The molecule has 0 saturated carbocycles. The molecule has 2 aromatic carbocycles. The highest BCUT2D eigenvalue weighted by molar-refractivity contribution is 7.12. The van der Waals surface area contributed by atoms with Gasteiger partial charge < -0.3 is 24.2 Å². The lowest BCUT2D eigenvalue weighted by Gasteiger charge is -2.27. The second kappa shape index (κ2) is 9.38. The van der Waals surface area contributed by atoms with Crippen molar-refractivity contribution in [1.82, 2.24) is 4.90 Å². The number of aliphatic hydroxyl groups excluding tert-OH is 1. The van der Waals surface area contributed by atoms with Gasteiger partial charge in [-0.05, 0) is 46.8 Å². The summed E-state index contributed by atoms with van der Waals surface area (Å²) in [5.74, 6) is 0.137. The first-order chi connectivity index (χ1) is 16.0. The first-order valence-corrected chi connectivity index (χ1v) is 11.0. The molecule has 2 heterocycles. The summed E-state index contributed by atoms with van der Waals surface area (Å²) in [4.78, 5) is 28.4. The molecular formula is C25H23NO6S. The lowest BCUT2D eigenvalue weighted by atomic mass is 9.95. The lowest BCUT2D eigenvalue weighted by Crippen LogP contribution is -2.30. The zero-order valence-corrected chi connectivity index (χ0v) is 19.2. The molecule has 0 aliphatic carbocycles. The fourth-order valence-electron chi connectivity index (χ4n) is 3.92. The number of carbonyl (C=O) groups excluding carboxylic acids is 2. The number of aliphatic hydroxyl groups is 1. The molecule has 1 N–H and O–H groups in total. The molecule has 8 heteroatoms. The zero-order chi connectivity index (χ0) is 23.5. The number of amides is 1. The fourth-order valence-corrected chi connectivity index (χ4v) is 4.60. The van der Waals surface area contributed by atoms with Crippen molar-refractivity contribution in [3.8, 4) is 17.2 Å². The van der Waals surface area contributed by atoms with Crippen LogP contribution in [0.5, 0.6) is 17.2 Å². The molecule has 0 spiro atoms. The van der Waals surface area contributed by atoms with Crippen LogP contribution in [-0.2, 0) is 11.3 Å². The van der Waals surface area contributed by atoms with E-state index in [4.69, 9.17) is 14.2 Å². The van der Waals surface area contributed by atoms with Gasteiger partial charge >= 0.3 is 0 Å². The molecule has 3 aromatic rings. The maximum absolute atomic E-state index is 13.3. The lowest BCUT2D eigenvalue weighted by molar-refractivity contribution is -0.130. The van der Waals surface area contributed by atoms with Gasteiger partial charge in [-0.3, -0.25) is 9.59 Å². The summed E-state index contributed by atoms with van der Waals surface area (Å²) in [5, 5.41) is 12.6. The Balaban J connectivity index is 1.79. The highest BCUT2D eigenvalue weighted by Crippen LogP contribution is 2.41. The number of hydrogen-bond acceptors (Lipinski definition) is 7. The van der Waals surface area contributed by atoms with Gasteiger partial charge in [-0.1, -0.05) is 24.3 Å². The minimum Gasteiger partial charge on any atom is -0.503 e. The van der Waals surface area contributed by atoms with Gasteiger partial charge in [-0.15, -0.1) is 11.3 Å². The Kier molecular flexibility index (Phi) is 6.37. The maximum Gasteiger partial charge on any atom is 0.290 e. The monoisotopic (exact) mass is 465 g/mol. The van der Waals surface area contributed by atoms with Crippen molar-refractivity contribution in [2.24, 2.45) is 0 Å². The number of thiophene rings is 1. The van der Waals surface area contributed by atoms with Gasteiger partial charge in [0.2, 0.25) is 5.78 Å². The molecular weight excluding hydrogens is 442 g/mol. The molecule has 33 heavy (non-hydrogen) atoms. The third-order valence-electron chi connectivity index (χ3n) is 5.50. The molecule has 1 amide bonds. The van der Waals surface area contributed by atoms with Crippen LogP contribution in [0, 0.1) is 0 Å². The Morgan fingerprint density at radius 2 is 1.79 bits per heavy atom. The second-order valence-electron chi connectivity index (χ2n) is 7.37. The van der Waals surface area contributed by atoms with Crippen LogP contribution in [0.25, 0.3) is 0 Å². The molecule has 1 aliphatic heterocycles. The van der Waals surface area contributed by atoms with E-state index in [1.54, 1.807) is 62.1 Å². The number of carbonyl (C=O) groups is 2. The first kappa shape index (κ1) is 22.4. The van der Waals surface area contributed by atoms with Gasteiger partial charge in [0.25, 0.3) is 5.91 Å². The maximum atomic E-state index is 13.3. The third kappa shape index (κ3) is 4.17. The van der Waals surface area contributed by atoms with Gasteiger partial charge in [0.1, 0.15) is 5.75 Å². The molecule has 0 radical (unpaired) electrons. The van der Waals surface area contributed by atoms with Gasteiger partial charge in [0.05, 0.1) is 37.8 Å². The highest BCUT2D eigenvalue weighted by atomic mass is 32.1. The Morgan fingerprint density at radius 3 is 2.45 bits per heavy atom. The Hall–Kier alpha value is -3.78. The Bertz CT molecular complexity index is 1220. The number of benzene rings is 2. The van der Waals surface area contributed by atoms with E-state index < -0.39 is 17.7 Å². The molecule has 1 unspecified atom stereocenters. The van der Waals surface area contributed by atoms with E-state index in [1.165, 1.54) is 23.3 Å². The molecule has 1 aliphatic rings. The highest BCUT2D eigenvalue weighted by Gasteiger charge is 2.44. The van der Waals surface area contributed by atoms with Crippen molar-refractivity contribution >= 4 is 23.0 Å². The standard InChI is InChI=1S/C25H23NO6S/c1-30-17-7-4-6-16(13-17)22-21(23(27)20-8-5-11-33-20)24(28)25(29)26(22)14-15-9-10-18(31-2)19(12-15)32-3/h4-13,22,28H,14H2,1-3H3. The van der Waals surface area contributed by atoms with Crippen molar-refractivity contribution < 1.29 is 28.9 Å². The third-order valence-corrected chi connectivity index (χ3v) is 6.37. The van der Waals surface area contributed by atoms with Crippen LogP contribution in [0.3, 0.4) is 0 Å². The number of hydrogen-bond donors (Lipinski definition) is 1. The van der Waals surface area contributed by atoms with Crippen LogP contribution in [-0.4, -0.2) is 43.0 Å². The van der Waals surface area contributed by atoms with E-state index in [2.05, 4.69) is 0 Å². The van der Waals surface area contributed by atoms with Gasteiger partial charge in [-0.2, -0.15) is 0 Å². The first-order valence-electron chi connectivity index (χ1n) is 10.2. The van der Waals surface area contributed by atoms with Crippen LogP contribution in [0.2, 0.25) is 0 Å². The molecule has 0 fully saturated rings. The van der Waals surface area contributed by atoms with Crippen molar-refractivity contribution in [3.63, 3.8) is 0 Å². The van der Waals surface area contributed by atoms with Crippen molar-refractivity contribution in [2.45, 2.75) is 12.6 Å². The summed E-state index contributed by atoms with van der Waals surface area (Å²) in [6, 6.07) is 15.1. The fraction of sp³-hybridized carbons (Fsp3) is 0.200. The predicted octanol–water partition coefficient (Wildman–Crippen LogP) is 4.55. The molecule has 7 nitrogen and oxygen atoms in total. The molecule has 0 bridgehead atoms. The Morgan fingerprint density at radius 1 is 1.00 bits per heavy atom. The van der Waals surface area contributed by atoms with Crippen LogP contribution in [0.15, 0.2) is 71.3 Å². The minimum absolute atomic E-state index is 0.0520. The van der Waals surface area contributed by atoms with Crippen molar-refractivity contribution in [1.29, 1.82) is 0 Å². The van der Waals surface area contributed by atoms with E-state index in [-0.39, 0.29) is 17.9 Å². The molecule has 1 atom stereocenters. The molecule has 1 aromatic heterocycles. The second-order valence-corrected chi connectivity index (χ2v) is 8.32. The summed E-state index contributed by atoms with van der Waals surface area (Å²) >= 11 is 1.26. The van der Waals surface area contributed by atoms with Crippen LogP contribution in [0.1, 0.15) is 26.8 Å². The Labute approximate surface area is 195 Å². The van der Waals surface area contributed by atoms with Crippen LogP contribution >= 0.6 is 11.3 Å². The van der Waals surface area contributed by atoms with E-state index in [0.29, 0.717) is 27.7 Å². The summed E-state index contributed by atoms with van der Waals surface area (Å²) in [7, 11) is 4.63. The van der Waals surface area contributed by atoms with E-state index in [1.807, 2.05) is 12.1 Å². The average molecular weight is 466 g/mol. The van der Waals surface area contributed by atoms with E-state index >= 15 is 0 Å². The number of nitrogens with zero attached hydrogens (tertiary/aromatic N) is 1.